The monoisotopic (exact) mass is 388 g/mol. The molecule has 28 heavy (non-hydrogen) atoms. The van der Waals surface area contributed by atoms with Gasteiger partial charge in [0.05, 0.1) is 39.1 Å². The number of fused-ring (bicyclic) bond motifs is 3. The van der Waals surface area contributed by atoms with Gasteiger partial charge in [0.15, 0.2) is 0 Å². The third kappa shape index (κ3) is 2.57. The van der Waals surface area contributed by atoms with Crippen LogP contribution in [0.5, 0.6) is 0 Å². The molecule has 0 saturated heterocycles. The van der Waals surface area contributed by atoms with E-state index in [0.717, 1.165) is 25.3 Å². The second kappa shape index (κ2) is 6.39. The standard InChI is InChI=1S/C15H8N4O9/c1-28-15(20)10-4-6(17(22)23)2-8-12(10)13-9(14(8)16-21)3-7(18(24)25)5-11(13)19(26)27/h2-5,21H,1H3/b16-14+. The second-order valence-corrected chi connectivity index (χ2v) is 5.51. The van der Waals surface area contributed by atoms with Crippen LogP contribution in [0.4, 0.5) is 17.1 Å². The van der Waals surface area contributed by atoms with Gasteiger partial charge in [0.25, 0.3) is 17.1 Å². The van der Waals surface area contributed by atoms with Gasteiger partial charge in [-0.3, -0.25) is 30.3 Å². The Morgan fingerprint density at radius 2 is 1.46 bits per heavy atom. The minimum absolute atomic E-state index is 0.151. The number of nitrogens with zero attached hydrogens (tertiary/aromatic N) is 4. The van der Waals surface area contributed by atoms with E-state index in [2.05, 4.69) is 9.89 Å². The smallest absolute Gasteiger partial charge is 0.338 e. The minimum Gasteiger partial charge on any atom is -0.465 e. The Hall–Kier alpha value is -4.42. The molecule has 0 saturated carbocycles. The molecule has 0 spiro atoms. The summed E-state index contributed by atoms with van der Waals surface area (Å²) in [6, 6.07) is 3.42. The fraction of sp³-hybridized carbons (Fsp3) is 0.0667. The third-order valence-electron chi connectivity index (χ3n) is 4.11. The number of oxime groups is 1. The molecule has 2 aromatic rings. The number of non-ortho nitro benzene ring substituents is 2. The number of carbonyl (C=O) groups is 1. The molecule has 13 heteroatoms. The molecular weight excluding hydrogens is 380 g/mol. The van der Waals surface area contributed by atoms with Crippen LogP contribution < -0.4 is 0 Å². The van der Waals surface area contributed by atoms with Gasteiger partial charge in [-0.05, 0) is 0 Å². The molecule has 0 heterocycles. The number of hydrogen-bond donors (Lipinski definition) is 1. The number of rotatable bonds is 4. The Morgan fingerprint density at radius 3 is 1.93 bits per heavy atom. The molecule has 0 aliphatic heterocycles. The molecule has 0 bridgehead atoms. The molecule has 3 rings (SSSR count). The summed E-state index contributed by atoms with van der Waals surface area (Å²) in [4.78, 5) is 43.4. The summed E-state index contributed by atoms with van der Waals surface area (Å²) in [5, 5.41) is 46.2. The Kier molecular flexibility index (Phi) is 4.19. The number of nitro benzene ring substituents is 3. The van der Waals surface area contributed by atoms with E-state index < -0.39 is 37.8 Å². The predicted molar refractivity (Wildman–Crippen MR) is 90.6 cm³/mol. The van der Waals surface area contributed by atoms with Gasteiger partial charge in [0.2, 0.25) is 0 Å². The molecule has 2 aromatic carbocycles. The van der Waals surface area contributed by atoms with Gasteiger partial charge >= 0.3 is 5.97 Å². The molecule has 0 atom stereocenters. The van der Waals surface area contributed by atoms with Gasteiger partial charge in [0.1, 0.15) is 5.71 Å². The first-order valence-electron chi connectivity index (χ1n) is 7.32. The van der Waals surface area contributed by atoms with Crippen molar-refractivity contribution in [3.8, 4) is 11.1 Å². The van der Waals surface area contributed by atoms with Crippen molar-refractivity contribution in [3.05, 3.63) is 71.3 Å². The molecule has 0 amide bonds. The molecule has 0 radical (unpaired) electrons. The van der Waals surface area contributed by atoms with Crippen LogP contribution in [-0.2, 0) is 4.74 Å². The molecule has 0 aromatic heterocycles. The van der Waals surface area contributed by atoms with Crippen molar-refractivity contribution in [2.24, 2.45) is 5.16 Å². The average molecular weight is 388 g/mol. The summed E-state index contributed by atoms with van der Waals surface area (Å²) in [5.41, 5.74) is -3.51. The van der Waals surface area contributed by atoms with Crippen LogP contribution in [0.1, 0.15) is 21.5 Å². The first-order chi connectivity index (χ1) is 13.2. The molecule has 13 nitrogen and oxygen atoms in total. The number of carbonyl (C=O) groups excluding carboxylic acids is 1. The number of nitro groups is 3. The summed E-state index contributed by atoms with van der Waals surface area (Å²) in [5.74, 6) is -1.03. The van der Waals surface area contributed by atoms with Crippen molar-refractivity contribution in [2.45, 2.75) is 0 Å². The van der Waals surface area contributed by atoms with Crippen LogP contribution in [0, 0.1) is 30.3 Å². The van der Waals surface area contributed by atoms with Crippen molar-refractivity contribution in [1.29, 1.82) is 0 Å². The van der Waals surface area contributed by atoms with Crippen molar-refractivity contribution in [3.63, 3.8) is 0 Å². The van der Waals surface area contributed by atoms with E-state index >= 15 is 0 Å². The second-order valence-electron chi connectivity index (χ2n) is 5.51. The molecule has 0 unspecified atom stereocenters. The Labute approximate surface area is 153 Å². The van der Waals surface area contributed by atoms with E-state index in [4.69, 9.17) is 0 Å². The van der Waals surface area contributed by atoms with Crippen molar-refractivity contribution >= 4 is 28.7 Å². The van der Waals surface area contributed by atoms with E-state index in [0.29, 0.717) is 6.07 Å². The Balaban J connectivity index is 2.52. The fourth-order valence-corrected chi connectivity index (χ4v) is 3.02. The zero-order valence-electron chi connectivity index (χ0n) is 13.8. The van der Waals surface area contributed by atoms with E-state index in [1.165, 1.54) is 0 Å². The Morgan fingerprint density at radius 1 is 0.929 bits per heavy atom. The first-order valence-corrected chi connectivity index (χ1v) is 7.32. The average Bonchev–Trinajstić information content (AvgIpc) is 2.98. The summed E-state index contributed by atoms with van der Waals surface area (Å²) >= 11 is 0. The molecule has 1 aliphatic rings. The molecule has 1 aliphatic carbocycles. The quantitative estimate of drug-likeness (QED) is 0.303. The van der Waals surface area contributed by atoms with Crippen molar-refractivity contribution in [1.82, 2.24) is 0 Å². The van der Waals surface area contributed by atoms with E-state index in [1.54, 1.807) is 0 Å². The maximum absolute atomic E-state index is 12.2. The van der Waals surface area contributed by atoms with Gasteiger partial charge in [-0.15, -0.1) is 0 Å². The lowest BCUT2D eigenvalue weighted by molar-refractivity contribution is -0.393. The highest BCUT2D eigenvalue weighted by atomic mass is 16.6. The summed E-state index contributed by atoms with van der Waals surface area (Å²) in [6.07, 6.45) is 0. The van der Waals surface area contributed by atoms with Crippen LogP contribution >= 0.6 is 0 Å². The van der Waals surface area contributed by atoms with Gasteiger partial charge in [-0.25, -0.2) is 4.79 Å². The lowest BCUT2D eigenvalue weighted by atomic mass is 9.97. The SMILES string of the molecule is COC(=O)c1cc([N+](=O)[O-])cc2c1-c1c(cc([N+](=O)[O-])cc1[N+](=O)[O-])/C2=N/O. The lowest BCUT2D eigenvalue weighted by Crippen LogP contribution is -2.07. The summed E-state index contributed by atoms with van der Waals surface area (Å²) in [7, 11) is 1.01. The van der Waals surface area contributed by atoms with Gasteiger partial charge in [0, 0.05) is 34.9 Å². The van der Waals surface area contributed by atoms with Gasteiger partial charge < -0.3 is 9.94 Å². The van der Waals surface area contributed by atoms with E-state index in [1.807, 2.05) is 0 Å². The maximum Gasteiger partial charge on any atom is 0.338 e. The molecule has 0 fully saturated rings. The van der Waals surface area contributed by atoms with Crippen LogP contribution in [0.3, 0.4) is 0 Å². The van der Waals surface area contributed by atoms with Crippen LogP contribution in [0.25, 0.3) is 11.1 Å². The summed E-state index contributed by atoms with van der Waals surface area (Å²) < 4.78 is 4.60. The zero-order valence-corrected chi connectivity index (χ0v) is 13.8. The topological polar surface area (TPSA) is 188 Å². The first kappa shape index (κ1) is 18.4. The molecule has 1 N–H and O–H groups in total. The van der Waals surface area contributed by atoms with Crippen LogP contribution in [0.2, 0.25) is 0 Å². The van der Waals surface area contributed by atoms with Gasteiger partial charge in [-0.2, -0.15) is 0 Å². The minimum atomic E-state index is -1.03. The highest BCUT2D eigenvalue weighted by Crippen LogP contribution is 2.47. The third-order valence-corrected chi connectivity index (χ3v) is 4.11. The number of benzene rings is 2. The number of ether oxygens (including phenoxy) is 1. The van der Waals surface area contributed by atoms with E-state index in [9.17, 15) is 40.3 Å². The number of methoxy groups -OCH3 is 1. The largest absolute Gasteiger partial charge is 0.465 e. The lowest BCUT2D eigenvalue weighted by Gasteiger charge is -2.08. The van der Waals surface area contributed by atoms with Crippen LogP contribution in [0.15, 0.2) is 29.4 Å². The van der Waals surface area contributed by atoms with Crippen molar-refractivity contribution in [2.75, 3.05) is 7.11 Å². The normalized spacial score (nSPS) is 13.0. The Bertz CT molecular complexity index is 1120. The highest BCUT2D eigenvalue weighted by molar-refractivity contribution is 6.28. The molecular formula is C15H8N4O9. The molecule has 142 valence electrons. The van der Waals surface area contributed by atoms with Gasteiger partial charge in [-0.1, -0.05) is 5.16 Å². The predicted octanol–water partition coefficient (Wildman–Crippen LogP) is 2.40. The number of hydrogen-bond acceptors (Lipinski definition) is 10. The zero-order chi connectivity index (χ0) is 20.7. The summed E-state index contributed by atoms with van der Waals surface area (Å²) in [6.45, 7) is 0. The number of esters is 1. The van der Waals surface area contributed by atoms with Crippen molar-refractivity contribution < 1.29 is 29.5 Å². The highest BCUT2D eigenvalue weighted by Gasteiger charge is 2.39. The van der Waals surface area contributed by atoms with E-state index in [-0.39, 0.29) is 33.5 Å². The fourth-order valence-electron chi connectivity index (χ4n) is 3.02. The van der Waals surface area contributed by atoms with Crippen LogP contribution in [-0.4, -0.2) is 38.8 Å². The maximum atomic E-state index is 12.2.